The van der Waals surface area contributed by atoms with Crippen LogP contribution in [0, 0.1) is 5.82 Å². The van der Waals surface area contributed by atoms with Gasteiger partial charge in [0, 0.05) is 16.4 Å². The van der Waals surface area contributed by atoms with Crippen molar-refractivity contribution in [2.24, 2.45) is 0 Å². The SMILES string of the molecule is Fc1cccc(CSc2ncccc2Br)c1Br. The van der Waals surface area contributed by atoms with Crippen LogP contribution in [0.2, 0.25) is 0 Å². The molecule has 2 aromatic rings. The van der Waals surface area contributed by atoms with E-state index in [2.05, 4.69) is 36.8 Å². The van der Waals surface area contributed by atoms with Crippen molar-refractivity contribution >= 4 is 43.6 Å². The van der Waals surface area contributed by atoms with E-state index < -0.39 is 0 Å². The minimum Gasteiger partial charge on any atom is -0.249 e. The van der Waals surface area contributed by atoms with E-state index in [4.69, 9.17) is 0 Å². The zero-order chi connectivity index (χ0) is 12.3. The number of pyridine rings is 1. The fraction of sp³-hybridized carbons (Fsp3) is 0.0833. The molecular weight excluding hydrogens is 369 g/mol. The molecule has 0 saturated carbocycles. The van der Waals surface area contributed by atoms with Gasteiger partial charge in [0.05, 0.1) is 4.47 Å². The Morgan fingerprint density at radius 2 is 2.00 bits per heavy atom. The maximum atomic E-state index is 13.3. The number of halogens is 3. The van der Waals surface area contributed by atoms with E-state index in [1.54, 1.807) is 24.0 Å². The molecule has 0 fully saturated rings. The van der Waals surface area contributed by atoms with Crippen molar-refractivity contribution in [3.05, 3.63) is 56.9 Å². The van der Waals surface area contributed by atoms with Crippen molar-refractivity contribution in [2.75, 3.05) is 0 Å². The van der Waals surface area contributed by atoms with E-state index in [0.717, 1.165) is 15.1 Å². The molecule has 5 heteroatoms. The van der Waals surface area contributed by atoms with Crippen LogP contribution in [-0.4, -0.2) is 4.98 Å². The molecule has 2 rings (SSSR count). The molecule has 0 bridgehead atoms. The summed E-state index contributed by atoms with van der Waals surface area (Å²) in [5.74, 6) is 0.441. The maximum Gasteiger partial charge on any atom is 0.137 e. The Hall–Kier alpha value is -0.390. The van der Waals surface area contributed by atoms with Crippen molar-refractivity contribution in [2.45, 2.75) is 10.8 Å². The van der Waals surface area contributed by atoms with Crippen molar-refractivity contribution in [3.8, 4) is 0 Å². The molecule has 0 atom stereocenters. The molecule has 17 heavy (non-hydrogen) atoms. The molecule has 0 spiro atoms. The van der Waals surface area contributed by atoms with Crippen molar-refractivity contribution < 1.29 is 4.39 Å². The van der Waals surface area contributed by atoms with Crippen LogP contribution in [0.5, 0.6) is 0 Å². The van der Waals surface area contributed by atoms with Crippen molar-refractivity contribution in [1.82, 2.24) is 4.98 Å². The molecular formula is C12H8Br2FNS. The highest BCUT2D eigenvalue weighted by molar-refractivity contribution is 9.10. The second kappa shape index (κ2) is 5.98. The van der Waals surface area contributed by atoms with Crippen LogP contribution in [0.3, 0.4) is 0 Å². The first-order valence-corrected chi connectivity index (χ1v) is 7.42. The number of rotatable bonds is 3. The number of thioether (sulfide) groups is 1. The number of benzene rings is 1. The zero-order valence-electron chi connectivity index (χ0n) is 8.66. The van der Waals surface area contributed by atoms with Crippen LogP contribution in [0.4, 0.5) is 4.39 Å². The lowest BCUT2D eigenvalue weighted by atomic mass is 10.2. The lowest BCUT2D eigenvalue weighted by molar-refractivity contribution is 0.619. The van der Waals surface area contributed by atoms with E-state index in [9.17, 15) is 4.39 Å². The third kappa shape index (κ3) is 3.30. The fourth-order valence-electron chi connectivity index (χ4n) is 1.28. The quantitative estimate of drug-likeness (QED) is 0.696. The Morgan fingerprint density at radius 3 is 2.76 bits per heavy atom. The summed E-state index contributed by atoms with van der Waals surface area (Å²) in [6, 6.07) is 8.86. The number of hydrogen-bond donors (Lipinski definition) is 0. The fourth-order valence-corrected chi connectivity index (χ4v) is 3.35. The lowest BCUT2D eigenvalue weighted by Gasteiger charge is -2.05. The first-order valence-electron chi connectivity index (χ1n) is 4.84. The standard InChI is InChI=1S/C12H8Br2FNS/c13-9-4-2-6-16-12(9)17-7-8-3-1-5-10(15)11(8)14/h1-6H,7H2. The van der Waals surface area contributed by atoms with Gasteiger partial charge in [0.2, 0.25) is 0 Å². The molecule has 0 amide bonds. The molecule has 0 aliphatic heterocycles. The van der Waals surface area contributed by atoms with Gasteiger partial charge in [-0.05, 0) is 55.6 Å². The van der Waals surface area contributed by atoms with E-state index >= 15 is 0 Å². The Balaban J connectivity index is 2.13. The Kier molecular flexibility index (Phi) is 4.59. The topological polar surface area (TPSA) is 12.9 Å². The van der Waals surface area contributed by atoms with Crippen molar-refractivity contribution in [3.63, 3.8) is 0 Å². The number of nitrogens with zero attached hydrogens (tertiary/aromatic N) is 1. The van der Waals surface area contributed by atoms with E-state index in [-0.39, 0.29) is 5.82 Å². The number of hydrogen-bond acceptors (Lipinski definition) is 2. The smallest absolute Gasteiger partial charge is 0.137 e. The number of aromatic nitrogens is 1. The summed E-state index contributed by atoms with van der Waals surface area (Å²) in [5, 5.41) is 0.906. The van der Waals surface area contributed by atoms with E-state index in [1.165, 1.54) is 6.07 Å². The van der Waals surface area contributed by atoms with Gasteiger partial charge in [-0.25, -0.2) is 9.37 Å². The normalized spacial score (nSPS) is 10.5. The summed E-state index contributed by atoms with van der Waals surface area (Å²) in [6.45, 7) is 0. The predicted octanol–water partition coefficient (Wildman–Crippen LogP) is 5.04. The Bertz CT molecular complexity index is 534. The molecule has 0 aliphatic rings. The van der Waals surface area contributed by atoms with Gasteiger partial charge >= 0.3 is 0 Å². The molecule has 0 aliphatic carbocycles. The van der Waals surface area contributed by atoms with Crippen LogP contribution in [-0.2, 0) is 5.75 Å². The molecule has 1 aromatic carbocycles. The summed E-state index contributed by atoms with van der Waals surface area (Å²) in [6.07, 6.45) is 1.74. The average molecular weight is 377 g/mol. The molecule has 1 aromatic heterocycles. The third-order valence-corrected chi connectivity index (χ3v) is 4.97. The summed E-state index contributed by atoms with van der Waals surface area (Å²) >= 11 is 8.25. The van der Waals surface area contributed by atoms with Gasteiger partial charge in [-0.1, -0.05) is 12.1 Å². The van der Waals surface area contributed by atoms with Gasteiger partial charge in [0.1, 0.15) is 10.8 Å². The Labute approximate surface area is 120 Å². The Morgan fingerprint density at radius 1 is 1.18 bits per heavy atom. The van der Waals surface area contributed by atoms with Crippen LogP contribution >= 0.6 is 43.6 Å². The monoisotopic (exact) mass is 375 g/mol. The van der Waals surface area contributed by atoms with Gasteiger partial charge in [-0.2, -0.15) is 0 Å². The maximum absolute atomic E-state index is 13.3. The molecule has 1 heterocycles. The minimum absolute atomic E-state index is 0.233. The highest BCUT2D eigenvalue weighted by Gasteiger charge is 2.07. The largest absolute Gasteiger partial charge is 0.249 e. The zero-order valence-corrected chi connectivity index (χ0v) is 12.6. The molecule has 0 unspecified atom stereocenters. The lowest BCUT2D eigenvalue weighted by Crippen LogP contribution is -1.88. The highest BCUT2D eigenvalue weighted by atomic mass is 79.9. The summed E-state index contributed by atoms with van der Waals surface area (Å²) < 4.78 is 14.8. The predicted molar refractivity (Wildman–Crippen MR) is 75.6 cm³/mol. The van der Waals surface area contributed by atoms with Crippen molar-refractivity contribution in [1.29, 1.82) is 0 Å². The molecule has 88 valence electrons. The third-order valence-electron chi connectivity index (χ3n) is 2.12. The first-order chi connectivity index (χ1) is 8.18. The summed E-state index contributed by atoms with van der Waals surface area (Å²) in [7, 11) is 0. The molecule has 0 saturated heterocycles. The molecule has 0 radical (unpaired) electrons. The van der Waals surface area contributed by atoms with Gasteiger partial charge in [-0.15, -0.1) is 11.8 Å². The van der Waals surface area contributed by atoms with E-state index in [0.29, 0.717) is 10.2 Å². The second-order valence-electron chi connectivity index (χ2n) is 3.29. The van der Waals surface area contributed by atoms with E-state index in [1.807, 2.05) is 18.2 Å². The van der Waals surface area contributed by atoms with Crippen LogP contribution in [0.15, 0.2) is 50.5 Å². The highest BCUT2D eigenvalue weighted by Crippen LogP contribution is 2.30. The van der Waals surface area contributed by atoms with Gasteiger partial charge in [0.25, 0.3) is 0 Å². The van der Waals surface area contributed by atoms with Gasteiger partial charge in [-0.3, -0.25) is 0 Å². The minimum atomic E-state index is -0.233. The molecule has 0 N–H and O–H groups in total. The van der Waals surface area contributed by atoms with Crippen LogP contribution in [0.25, 0.3) is 0 Å². The second-order valence-corrected chi connectivity index (χ2v) is 5.90. The summed E-state index contributed by atoms with van der Waals surface area (Å²) in [4.78, 5) is 4.25. The van der Waals surface area contributed by atoms with Gasteiger partial charge < -0.3 is 0 Å². The average Bonchev–Trinajstić information content (AvgIpc) is 2.33. The van der Waals surface area contributed by atoms with Gasteiger partial charge in [0.15, 0.2) is 0 Å². The first kappa shape index (κ1) is 13.1. The summed E-state index contributed by atoms with van der Waals surface area (Å²) in [5.41, 5.74) is 0.924. The van der Waals surface area contributed by atoms with Crippen LogP contribution < -0.4 is 0 Å². The van der Waals surface area contributed by atoms with Crippen LogP contribution in [0.1, 0.15) is 5.56 Å². The molecule has 1 nitrogen and oxygen atoms in total.